The van der Waals surface area contributed by atoms with E-state index in [1.165, 1.54) is 23.1 Å². The average Bonchev–Trinajstić information content (AvgIpc) is 2.80. The van der Waals surface area contributed by atoms with E-state index >= 15 is 0 Å². The molecule has 1 aliphatic heterocycles. The van der Waals surface area contributed by atoms with Gasteiger partial charge in [-0.05, 0) is 44.9 Å². The minimum Gasteiger partial charge on any atom is -0.358 e. The number of hydrogen-bond acceptors (Lipinski definition) is 2. The van der Waals surface area contributed by atoms with Crippen molar-refractivity contribution in [3.63, 3.8) is 0 Å². The summed E-state index contributed by atoms with van der Waals surface area (Å²) in [6.07, 6.45) is -6.54. The highest BCUT2D eigenvalue weighted by Gasteiger charge is 2.44. The minimum atomic E-state index is -4.71. The first kappa shape index (κ1) is 17.7. The summed E-state index contributed by atoms with van der Waals surface area (Å²) in [5, 5.41) is -0.208. The predicted octanol–water partition coefficient (Wildman–Crippen LogP) is 4.56. The highest BCUT2D eigenvalue weighted by molar-refractivity contribution is 5.86. The molecule has 1 aromatic heterocycles. The largest absolute Gasteiger partial charge is 0.417 e. The number of hydrogen-bond donors (Lipinski definition) is 1. The van der Waals surface area contributed by atoms with Gasteiger partial charge < -0.3 is 9.88 Å². The van der Waals surface area contributed by atoms with Gasteiger partial charge in [0, 0.05) is 28.2 Å². The molecule has 1 N–H and O–H groups in total. The lowest BCUT2D eigenvalue weighted by atomic mass is 10.0. The van der Waals surface area contributed by atoms with Crippen molar-refractivity contribution in [1.82, 2.24) is 4.98 Å². The van der Waals surface area contributed by atoms with Gasteiger partial charge in [0.05, 0.1) is 11.6 Å². The fourth-order valence-electron chi connectivity index (χ4n) is 3.61. The van der Waals surface area contributed by atoms with Crippen molar-refractivity contribution in [2.75, 3.05) is 4.90 Å². The Morgan fingerprint density at radius 1 is 1.24 bits per heavy atom. The van der Waals surface area contributed by atoms with Gasteiger partial charge >= 0.3 is 6.18 Å². The van der Waals surface area contributed by atoms with Gasteiger partial charge in [-0.3, -0.25) is 4.79 Å². The van der Waals surface area contributed by atoms with Gasteiger partial charge in [-0.1, -0.05) is 0 Å². The molecule has 2 aromatic rings. The summed E-state index contributed by atoms with van der Waals surface area (Å²) in [5.74, 6) is 0. The number of H-pyrrole nitrogens is 1. The summed E-state index contributed by atoms with van der Waals surface area (Å²) in [4.78, 5) is 15.3. The Morgan fingerprint density at radius 2 is 1.92 bits per heavy atom. The van der Waals surface area contributed by atoms with Crippen LogP contribution < -0.4 is 10.5 Å². The maximum absolute atomic E-state index is 13.4. The van der Waals surface area contributed by atoms with E-state index in [2.05, 4.69) is 4.98 Å². The van der Waals surface area contributed by atoms with E-state index in [-0.39, 0.29) is 23.0 Å². The molecular weight excluding hydrogens is 343 g/mol. The van der Waals surface area contributed by atoms with Crippen molar-refractivity contribution < 1.29 is 22.0 Å². The summed E-state index contributed by atoms with van der Waals surface area (Å²) in [7, 11) is 0. The van der Waals surface area contributed by atoms with Gasteiger partial charge in [-0.2, -0.15) is 13.2 Å². The highest BCUT2D eigenvalue weighted by atomic mass is 19.4. The van der Waals surface area contributed by atoms with Crippen molar-refractivity contribution in [2.45, 2.75) is 50.9 Å². The molecule has 0 radical (unpaired) electrons. The van der Waals surface area contributed by atoms with Gasteiger partial charge in [0.2, 0.25) is 5.56 Å². The molecule has 0 saturated carbocycles. The second-order valence-electron chi connectivity index (χ2n) is 6.90. The lowest BCUT2D eigenvalue weighted by molar-refractivity contribution is -0.136. The quantitative estimate of drug-likeness (QED) is 0.797. The Labute approximate surface area is 140 Å². The van der Waals surface area contributed by atoms with Crippen LogP contribution >= 0.6 is 0 Å². The monoisotopic (exact) mass is 360 g/mol. The fourth-order valence-corrected chi connectivity index (χ4v) is 3.61. The highest BCUT2D eigenvalue weighted by Crippen LogP contribution is 2.42. The maximum atomic E-state index is 13.4. The summed E-state index contributed by atoms with van der Waals surface area (Å²) < 4.78 is 66.6. The number of alkyl halides is 5. The lowest BCUT2D eigenvalue weighted by Gasteiger charge is -2.38. The molecule has 0 bridgehead atoms. The third-order valence-corrected chi connectivity index (χ3v) is 4.74. The molecule has 1 fully saturated rings. The van der Waals surface area contributed by atoms with Crippen LogP contribution in [0.3, 0.4) is 0 Å². The number of halogens is 5. The topological polar surface area (TPSA) is 36.1 Å². The number of fused-ring (bicyclic) bond motifs is 1. The first-order valence-corrected chi connectivity index (χ1v) is 7.82. The van der Waals surface area contributed by atoms with Crippen LogP contribution in [0.4, 0.5) is 27.6 Å². The zero-order chi connectivity index (χ0) is 18.6. The summed E-state index contributed by atoms with van der Waals surface area (Å²) in [6, 6.07) is 3.48. The SMILES string of the molecule is CC1(C)CCC(C(F)F)N1c1ccc2[nH]c(=O)cc(C(F)(F)F)c2c1. The van der Waals surface area contributed by atoms with Gasteiger partial charge in [0.15, 0.2) is 0 Å². The molecule has 25 heavy (non-hydrogen) atoms. The Hall–Kier alpha value is -2.12. The van der Waals surface area contributed by atoms with Crippen LogP contribution in [0.1, 0.15) is 32.3 Å². The van der Waals surface area contributed by atoms with Crippen molar-refractivity contribution in [3.8, 4) is 0 Å². The van der Waals surface area contributed by atoms with Gasteiger partial charge in [0.25, 0.3) is 6.43 Å². The summed E-state index contributed by atoms with van der Waals surface area (Å²) >= 11 is 0. The maximum Gasteiger partial charge on any atom is 0.417 e. The van der Waals surface area contributed by atoms with Crippen LogP contribution in [0.25, 0.3) is 10.9 Å². The number of pyridine rings is 1. The van der Waals surface area contributed by atoms with E-state index in [4.69, 9.17) is 0 Å². The van der Waals surface area contributed by atoms with Gasteiger partial charge in [-0.15, -0.1) is 0 Å². The zero-order valence-corrected chi connectivity index (χ0v) is 13.6. The molecular formula is C17H17F5N2O. The standard InChI is InChI=1S/C17H17F5N2O/c1-16(2)6-5-13(15(18)19)24(16)9-3-4-12-10(7-9)11(17(20,21)22)8-14(25)23-12/h3-4,7-8,13,15H,5-6H2,1-2H3,(H,23,25). The summed E-state index contributed by atoms with van der Waals surface area (Å²) in [5.41, 5.74) is -2.22. The fraction of sp³-hybridized carbons (Fsp3) is 0.471. The van der Waals surface area contributed by atoms with E-state index in [9.17, 15) is 26.7 Å². The molecule has 136 valence electrons. The molecule has 8 heteroatoms. The smallest absolute Gasteiger partial charge is 0.358 e. The Bertz CT molecular complexity index is 856. The van der Waals surface area contributed by atoms with Crippen LogP contribution in [0.15, 0.2) is 29.1 Å². The third-order valence-electron chi connectivity index (χ3n) is 4.74. The third kappa shape index (κ3) is 3.09. The van der Waals surface area contributed by atoms with Crippen LogP contribution in [-0.4, -0.2) is 23.0 Å². The predicted molar refractivity (Wildman–Crippen MR) is 85.2 cm³/mol. The van der Waals surface area contributed by atoms with E-state index < -0.39 is 35.3 Å². The number of nitrogens with one attached hydrogen (secondary N) is 1. The van der Waals surface area contributed by atoms with Crippen LogP contribution in [0.2, 0.25) is 0 Å². The molecule has 2 heterocycles. The first-order chi connectivity index (χ1) is 11.5. The van der Waals surface area contributed by atoms with Crippen molar-refractivity contribution in [1.29, 1.82) is 0 Å². The molecule has 1 aliphatic rings. The van der Waals surface area contributed by atoms with Gasteiger partial charge in [0.1, 0.15) is 0 Å². The number of aromatic amines is 1. The second kappa shape index (κ2) is 5.71. The summed E-state index contributed by atoms with van der Waals surface area (Å²) in [6.45, 7) is 3.58. The number of anilines is 1. The molecule has 0 aliphatic carbocycles. The Kier molecular flexibility index (Phi) is 4.04. The number of aromatic nitrogens is 1. The van der Waals surface area contributed by atoms with Crippen LogP contribution in [0, 0.1) is 0 Å². The molecule has 3 nitrogen and oxygen atoms in total. The number of nitrogens with zero attached hydrogens (tertiary/aromatic N) is 1. The molecule has 3 rings (SSSR count). The zero-order valence-electron chi connectivity index (χ0n) is 13.6. The molecule has 1 saturated heterocycles. The average molecular weight is 360 g/mol. The van der Waals surface area contributed by atoms with Crippen molar-refractivity contribution in [2.24, 2.45) is 0 Å². The molecule has 1 aromatic carbocycles. The van der Waals surface area contributed by atoms with Crippen LogP contribution in [0.5, 0.6) is 0 Å². The molecule has 0 amide bonds. The number of rotatable bonds is 2. The van der Waals surface area contributed by atoms with E-state index in [0.29, 0.717) is 12.5 Å². The molecule has 1 unspecified atom stereocenters. The minimum absolute atomic E-state index is 0.0224. The van der Waals surface area contributed by atoms with Crippen molar-refractivity contribution >= 4 is 16.6 Å². The lowest BCUT2D eigenvalue weighted by Crippen LogP contribution is -2.46. The number of benzene rings is 1. The Balaban J connectivity index is 2.21. The molecule has 1 atom stereocenters. The second-order valence-corrected chi connectivity index (χ2v) is 6.90. The van der Waals surface area contributed by atoms with Gasteiger partial charge in [-0.25, -0.2) is 8.78 Å². The normalized spacial score (nSPS) is 20.6. The Morgan fingerprint density at radius 3 is 2.52 bits per heavy atom. The van der Waals surface area contributed by atoms with Crippen LogP contribution in [-0.2, 0) is 6.18 Å². The van der Waals surface area contributed by atoms with E-state index in [1.807, 2.05) is 0 Å². The first-order valence-electron chi connectivity index (χ1n) is 7.82. The van der Waals surface area contributed by atoms with E-state index in [1.54, 1.807) is 13.8 Å². The molecule has 0 spiro atoms. The van der Waals surface area contributed by atoms with Crippen molar-refractivity contribution in [3.05, 3.63) is 40.2 Å². The van der Waals surface area contributed by atoms with E-state index in [0.717, 1.165) is 0 Å².